The summed E-state index contributed by atoms with van der Waals surface area (Å²) in [5.41, 5.74) is -3.29. The number of rotatable bonds is 13. The first kappa shape index (κ1) is 31.6. The molecule has 0 bridgehead atoms. The highest BCUT2D eigenvalue weighted by Crippen LogP contribution is 2.22. The lowest BCUT2D eigenvalue weighted by atomic mass is 9.97. The van der Waals surface area contributed by atoms with Gasteiger partial charge >= 0.3 is 6.09 Å². The molecule has 1 aliphatic rings. The first-order valence-electron chi connectivity index (χ1n) is 12.2. The summed E-state index contributed by atoms with van der Waals surface area (Å²) < 4.78 is 43.7. The summed E-state index contributed by atoms with van der Waals surface area (Å²) >= 11 is 5.88. The Bertz CT molecular complexity index is 1080. The molecule has 1 heterocycles. The molecule has 0 aromatic heterocycles. The highest BCUT2D eigenvalue weighted by molar-refractivity contribution is 7.86. The quantitative estimate of drug-likeness (QED) is 0.219. The summed E-state index contributed by atoms with van der Waals surface area (Å²) in [6.07, 6.45) is -0.615. The molecule has 3 amide bonds. The summed E-state index contributed by atoms with van der Waals surface area (Å²) in [7, 11) is -4.96. The van der Waals surface area contributed by atoms with Crippen LogP contribution in [0.4, 0.5) is 4.79 Å². The van der Waals surface area contributed by atoms with E-state index < -0.39 is 51.2 Å². The minimum Gasteiger partial charge on any atom is -0.484 e. The molecule has 1 aliphatic heterocycles. The molecule has 0 spiro atoms. The molecule has 1 saturated heterocycles. The second-order valence-electron chi connectivity index (χ2n) is 10.3. The van der Waals surface area contributed by atoms with Gasteiger partial charge in [-0.1, -0.05) is 25.4 Å². The van der Waals surface area contributed by atoms with Gasteiger partial charge in [0.2, 0.25) is 17.3 Å². The first-order valence-corrected chi connectivity index (χ1v) is 14.1. The van der Waals surface area contributed by atoms with Crippen LogP contribution in [0.1, 0.15) is 47.0 Å². The zero-order chi connectivity index (χ0) is 28.7. The first-order chi connectivity index (χ1) is 17.6. The lowest BCUT2D eigenvalue weighted by molar-refractivity contribution is -0.126. The van der Waals surface area contributed by atoms with Crippen molar-refractivity contribution in [2.75, 3.05) is 13.2 Å². The molecule has 0 saturated carbocycles. The number of halogens is 1. The van der Waals surface area contributed by atoms with Crippen molar-refractivity contribution in [1.29, 1.82) is 0 Å². The lowest BCUT2D eigenvalue weighted by Gasteiger charge is -2.28. The molecule has 0 radical (unpaired) electrons. The smallest absolute Gasteiger partial charge is 0.407 e. The molecule has 2 rings (SSSR count). The molecule has 1 aromatic carbocycles. The predicted molar refractivity (Wildman–Crippen MR) is 139 cm³/mol. The normalized spacial score (nSPS) is 18.3. The van der Waals surface area contributed by atoms with Crippen LogP contribution in [0.3, 0.4) is 0 Å². The Morgan fingerprint density at radius 3 is 2.37 bits per heavy atom. The van der Waals surface area contributed by atoms with Crippen LogP contribution in [-0.2, 0) is 24.4 Å². The van der Waals surface area contributed by atoms with E-state index in [-0.39, 0.29) is 31.3 Å². The molecule has 12 nitrogen and oxygen atoms in total. The average molecular weight is 578 g/mol. The van der Waals surface area contributed by atoms with Gasteiger partial charge in [0.05, 0.1) is 6.04 Å². The Morgan fingerprint density at radius 1 is 1.21 bits per heavy atom. The molecule has 4 atom stereocenters. The summed E-state index contributed by atoms with van der Waals surface area (Å²) in [6, 6.07) is 3.99. The van der Waals surface area contributed by atoms with Crippen molar-refractivity contribution in [3.8, 4) is 5.75 Å². The van der Waals surface area contributed by atoms with E-state index in [1.807, 2.05) is 13.8 Å². The SMILES string of the molecule is CC(C)C[C@H](NC(=O)OCC(C)(C)Oc1ccc(Cl)cc1)C(=O)N[C@@H](C[C@@H]1CCNC1=O)C(O)S(=O)(=O)O. The molecule has 1 aromatic rings. The maximum Gasteiger partial charge on any atom is 0.407 e. The number of ether oxygens (including phenoxy) is 2. The number of hydrogen-bond donors (Lipinski definition) is 5. The van der Waals surface area contributed by atoms with Gasteiger partial charge in [-0.25, -0.2) is 4.79 Å². The van der Waals surface area contributed by atoms with Gasteiger partial charge in [-0.2, -0.15) is 8.42 Å². The monoisotopic (exact) mass is 577 g/mol. The van der Waals surface area contributed by atoms with Crippen LogP contribution in [0.15, 0.2) is 24.3 Å². The summed E-state index contributed by atoms with van der Waals surface area (Å²) in [5.74, 6) is -1.38. The predicted octanol–water partition coefficient (Wildman–Crippen LogP) is 1.86. The Labute approximate surface area is 227 Å². The third-order valence-corrected chi connectivity index (χ3v) is 6.94. The number of aliphatic hydroxyl groups is 1. The third-order valence-electron chi connectivity index (χ3n) is 5.75. The third kappa shape index (κ3) is 10.3. The molecule has 14 heteroatoms. The van der Waals surface area contributed by atoms with Crippen LogP contribution >= 0.6 is 11.6 Å². The van der Waals surface area contributed by atoms with Crippen molar-refractivity contribution in [3.05, 3.63) is 29.3 Å². The number of benzene rings is 1. The molecule has 214 valence electrons. The van der Waals surface area contributed by atoms with Crippen molar-refractivity contribution in [2.24, 2.45) is 11.8 Å². The van der Waals surface area contributed by atoms with Gasteiger partial charge in [0, 0.05) is 17.5 Å². The fourth-order valence-corrected chi connectivity index (χ4v) is 4.61. The van der Waals surface area contributed by atoms with Crippen molar-refractivity contribution in [1.82, 2.24) is 16.0 Å². The van der Waals surface area contributed by atoms with E-state index in [0.717, 1.165) is 0 Å². The molecule has 5 N–H and O–H groups in total. The van der Waals surface area contributed by atoms with E-state index in [4.69, 9.17) is 21.1 Å². The molecule has 1 unspecified atom stereocenters. The molecular weight excluding hydrogens is 542 g/mol. The van der Waals surface area contributed by atoms with Crippen LogP contribution < -0.4 is 20.7 Å². The van der Waals surface area contributed by atoms with E-state index in [9.17, 15) is 32.5 Å². The number of hydrogen-bond acceptors (Lipinski definition) is 8. The fourth-order valence-electron chi connectivity index (χ4n) is 3.89. The molecule has 38 heavy (non-hydrogen) atoms. The minimum absolute atomic E-state index is 0.0683. The van der Waals surface area contributed by atoms with Gasteiger partial charge < -0.3 is 30.5 Å². The number of carbonyl (C=O) groups excluding carboxylic acids is 3. The van der Waals surface area contributed by atoms with E-state index in [1.165, 1.54) is 0 Å². The number of nitrogens with one attached hydrogen (secondary N) is 3. The maximum absolute atomic E-state index is 13.1. The van der Waals surface area contributed by atoms with Crippen LogP contribution in [0.5, 0.6) is 5.75 Å². The van der Waals surface area contributed by atoms with Gasteiger partial charge in [0.1, 0.15) is 24.0 Å². The van der Waals surface area contributed by atoms with Crippen molar-refractivity contribution in [2.45, 2.75) is 70.1 Å². The Hall–Kier alpha value is -2.61. The highest BCUT2D eigenvalue weighted by atomic mass is 35.5. The van der Waals surface area contributed by atoms with E-state index in [2.05, 4.69) is 16.0 Å². The topological polar surface area (TPSA) is 180 Å². The number of aliphatic hydroxyl groups excluding tert-OH is 1. The van der Waals surface area contributed by atoms with E-state index >= 15 is 0 Å². The Kier molecular flexibility index (Phi) is 11.2. The van der Waals surface area contributed by atoms with Crippen molar-refractivity contribution in [3.63, 3.8) is 0 Å². The zero-order valence-corrected chi connectivity index (χ0v) is 23.3. The van der Waals surface area contributed by atoms with Crippen molar-refractivity contribution < 1.29 is 41.9 Å². The van der Waals surface area contributed by atoms with Crippen LogP contribution in [0.25, 0.3) is 0 Å². The highest BCUT2D eigenvalue weighted by Gasteiger charge is 2.38. The second-order valence-corrected chi connectivity index (χ2v) is 12.2. The van der Waals surface area contributed by atoms with Gasteiger partial charge in [-0.15, -0.1) is 0 Å². The Morgan fingerprint density at radius 2 is 1.84 bits per heavy atom. The van der Waals surface area contributed by atoms with Crippen LogP contribution in [0, 0.1) is 11.8 Å². The lowest BCUT2D eigenvalue weighted by Crippen LogP contribution is -2.55. The number of amides is 3. The second kappa shape index (κ2) is 13.5. The molecule has 1 fully saturated rings. The molecule has 0 aliphatic carbocycles. The van der Waals surface area contributed by atoms with Gasteiger partial charge in [0.15, 0.2) is 0 Å². The van der Waals surface area contributed by atoms with Crippen LogP contribution in [-0.4, -0.2) is 72.3 Å². The van der Waals surface area contributed by atoms with Gasteiger partial charge in [0.25, 0.3) is 10.1 Å². The fraction of sp³-hybridized carbons (Fsp3) is 0.625. The summed E-state index contributed by atoms with van der Waals surface area (Å²) in [6.45, 7) is 7.22. The largest absolute Gasteiger partial charge is 0.484 e. The average Bonchev–Trinajstić information content (AvgIpc) is 3.21. The standard InChI is InChI=1S/C24H36ClN3O9S/c1-14(2)11-18(28-23(32)36-13-24(3,4)37-17-7-5-16(25)6-8-17)21(30)27-19(22(31)38(33,34)35)12-15-9-10-26-20(15)29/h5-8,14-15,18-19,22,31H,9-13H2,1-4H3,(H,26,29)(H,27,30)(H,28,32)(H,33,34,35)/t15-,18-,19-,22?/m0/s1. The summed E-state index contributed by atoms with van der Waals surface area (Å²) in [4.78, 5) is 37.6. The van der Waals surface area contributed by atoms with Crippen molar-refractivity contribution >= 4 is 39.6 Å². The summed E-state index contributed by atoms with van der Waals surface area (Å²) in [5, 5.41) is 18.1. The van der Waals surface area contributed by atoms with E-state index in [1.54, 1.807) is 38.1 Å². The Balaban J connectivity index is 2.05. The minimum atomic E-state index is -4.96. The maximum atomic E-state index is 13.1. The zero-order valence-electron chi connectivity index (χ0n) is 21.8. The number of alkyl carbamates (subject to hydrolysis) is 1. The molecular formula is C24H36ClN3O9S. The van der Waals surface area contributed by atoms with Gasteiger partial charge in [-0.05, 0) is 63.3 Å². The van der Waals surface area contributed by atoms with Gasteiger partial charge in [-0.3, -0.25) is 14.1 Å². The van der Waals surface area contributed by atoms with Crippen LogP contribution in [0.2, 0.25) is 5.02 Å². The number of carbonyl (C=O) groups is 3. The van der Waals surface area contributed by atoms with E-state index in [0.29, 0.717) is 23.7 Å².